The van der Waals surface area contributed by atoms with Gasteiger partial charge < -0.3 is 15.1 Å². The Labute approximate surface area is 146 Å². The van der Waals surface area contributed by atoms with Crippen molar-refractivity contribution in [1.29, 1.82) is 0 Å². The molecular formula is C19H20FN3O2. The molecule has 130 valence electrons. The molecule has 0 bridgehead atoms. The molecule has 0 saturated carbocycles. The van der Waals surface area contributed by atoms with Gasteiger partial charge >= 0.3 is 0 Å². The highest BCUT2D eigenvalue weighted by atomic mass is 19.1. The van der Waals surface area contributed by atoms with E-state index in [1.54, 1.807) is 34.9 Å². The summed E-state index contributed by atoms with van der Waals surface area (Å²) in [5, 5.41) is 3.17. The minimum atomic E-state index is -0.307. The summed E-state index contributed by atoms with van der Waals surface area (Å²) in [6.07, 6.45) is 0. The molecule has 2 amide bonds. The summed E-state index contributed by atoms with van der Waals surface area (Å²) < 4.78 is 13.0. The smallest absolute Gasteiger partial charge is 0.256 e. The van der Waals surface area contributed by atoms with Gasteiger partial charge in [0.05, 0.1) is 11.3 Å². The van der Waals surface area contributed by atoms with Gasteiger partial charge in [0.25, 0.3) is 5.91 Å². The largest absolute Gasteiger partial charge is 0.355 e. The zero-order valence-electron chi connectivity index (χ0n) is 14.0. The van der Waals surface area contributed by atoms with Crippen LogP contribution in [-0.2, 0) is 4.79 Å². The molecule has 2 aromatic carbocycles. The number of para-hydroxylation sites is 1. The number of hydrogen-bond donors (Lipinski definition) is 1. The molecule has 1 heterocycles. The molecule has 1 aliphatic rings. The monoisotopic (exact) mass is 341 g/mol. The Morgan fingerprint density at radius 2 is 1.52 bits per heavy atom. The van der Waals surface area contributed by atoms with Crippen LogP contribution in [0, 0.1) is 5.82 Å². The van der Waals surface area contributed by atoms with Gasteiger partial charge in [-0.1, -0.05) is 12.1 Å². The lowest BCUT2D eigenvalue weighted by molar-refractivity contribution is -0.130. The van der Waals surface area contributed by atoms with Gasteiger partial charge in [-0.3, -0.25) is 9.59 Å². The second kappa shape index (κ2) is 7.34. The van der Waals surface area contributed by atoms with Crippen LogP contribution in [0.15, 0.2) is 48.5 Å². The predicted molar refractivity (Wildman–Crippen MR) is 94.3 cm³/mol. The van der Waals surface area contributed by atoms with E-state index in [-0.39, 0.29) is 17.6 Å². The molecule has 0 aliphatic carbocycles. The SMILES string of the molecule is CC(=O)N1CCN(C(=O)c2ccccc2Nc2ccc(F)cc2)CC1. The van der Waals surface area contributed by atoms with Crippen LogP contribution in [0.1, 0.15) is 17.3 Å². The maximum Gasteiger partial charge on any atom is 0.256 e. The number of rotatable bonds is 3. The Balaban J connectivity index is 1.75. The van der Waals surface area contributed by atoms with Gasteiger partial charge in [0, 0.05) is 38.8 Å². The summed E-state index contributed by atoms with van der Waals surface area (Å²) in [7, 11) is 0. The van der Waals surface area contributed by atoms with Crippen LogP contribution in [0.4, 0.5) is 15.8 Å². The minimum absolute atomic E-state index is 0.0328. The van der Waals surface area contributed by atoms with E-state index in [1.807, 2.05) is 18.2 Å². The van der Waals surface area contributed by atoms with Gasteiger partial charge in [-0.2, -0.15) is 0 Å². The predicted octanol–water partition coefficient (Wildman–Crippen LogP) is 2.87. The second-order valence-electron chi connectivity index (χ2n) is 5.98. The lowest BCUT2D eigenvalue weighted by atomic mass is 10.1. The summed E-state index contributed by atoms with van der Waals surface area (Å²) in [6, 6.07) is 13.2. The van der Waals surface area contributed by atoms with E-state index in [2.05, 4.69) is 5.32 Å². The van der Waals surface area contributed by atoms with E-state index >= 15 is 0 Å². The van der Waals surface area contributed by atoms with Gasteiger partial charge in [0.15, 0.2) is 0 Å². The third kappa shape index (κ3) is 3.96. The molecule has 25 heavy (non-hydrogen) atoms. The lowest BCUT2D eigenvalue weighted by Gasteiger charge is -2.34. The first kappa shape index (κ1) is 17.0. The van der Waals surface area contributed by atoms with Gasteiger partial charge in [-0.05, 0) is 36.4 Å². The molecular weight excluding hydrogens is 321 g/mol. The summed E-state index contributed by atoms with van der Waals surface area (Å²) in [5.41, 5.74) is 1.94. The van der Waals surface area contributed by atoms with Gasteiger partial charge in [-0.25, -0.2) is 4.39 Å². The van der Waals surface area contributed by atoms with Crippen molar-refractivity contribution in [2.24, 2.45) is 0 Å². The van der Waals surface area contributed by atoms with Crippen molar-refractivity contribution in [3.05, 3.63) is 59.9 Å². The van der Waals surface area contributed by atoms with Gasteiger partial charge in [0.1, 0.15) is 5.82 Å². The first-order valence-corrected chi connectivity index (χ1v) is 8.21. The second-order valence-corrected chi connectivity index (χ2v) is 5.98. The number of nitrogens with zero attached hydrogens (tertiary/aromatic N) is 2. The molecule has 5 nitrogen and oxygen atoms in total. The van der Waals surface area contributed by atoms with Gasteiger partial charge in [0.2, 0.25) is 5.91 Å². The van der Waals surface area contributed by atoms with Crippen molar-refractivity contribution >= 4 is 23.2 Å². The number of nitrogens with one attached hydrogen (secondary N) is 1. The maximum atomic E-state index is 13.0. The van der Waals surface area contributed by atoms with E-state index in [0.717, 1.165) is 0 Å². The van der Waals surface area contributed by atoms with E-state index in [9.17, 15) is 14.0 Å². The quantitative estimate of drug-likeness (QED) is 0.934. The molecule has 0 radical (unpaired) electrons. The number of piperazine rings is 1. The summed E-state index contributed by atoms with van der Waals surface area (Å²) >= 11 is 0. The standard InChI is InChI=1S/C19H20FN3O2/c1-14(24)22-10-12-23(13-11-22)19(25)17-4-2-3-5-18(17)21-16-8-6-15(20)7-9-16/h2-9,21H,10-13H2,1H3. The number of halogens is 1. The highest BCUT2D eigenvalue weighted by molar-refractivity contribution is 6.00. The summed E-state index contributed by atoms with van der Waals surface area (Å²) in [6.45, 7) is 3.68. The van der Waals surface area contributed by atoms with Crippen molar-refractivity contribution < 1.29 is 14.0 Å². The molecule has 6 heteroatoms. The van der Waals surface area contributed by atoms with Crippen molar-refractivity contribution in [2.45, 2.75) is 6.92 Å². The molecule has 1 aliphatic heterocycles. The van der Waals surface area contributed by atoms with Crippen LogP contribution in [0.5, 0.6) is 0 Å². The Hall–Kier alpha value is -2.89. The fourth-order valence-corrected chi connectivity index (χ4v) is 2.86. The highest BCUT2D eigenvalue weighted by Crippen LogP contribution is 2.23. The van der Waals surface area contributed by atoms with Crippen LogP contribution in [0.2, 0.25) is 0 Å². The number of amides is 2. The van der Waals surface area contributed by atoms with E-state index in [4.69, 9.17) is 0 Å². The number of hydrogen-bond acceptors (Lipinski definition) is 3. The zero-order chi connectivity index (χ0) is 17.8. The fourth-order valence-electron chi connectivity index (χ4n) is 2.86. The van der Waals surface area contributed by atoms with E-state index < -0.39 is 0 Å². The molecule has 0 aromatic heterocycles. The average Bonchev–Trinajstić information content (AvgIpc) is 2.63. The van der Waals surface area contributed by atoms with E-state index in [0.29, 0.717) is 43.1 Å². The van der Waals surface area contributed by atoms with Crippen molar-refractivity contribution in [2.75, 3.05) is 31.5 Å². The van der Waals surface area contributed by atoms with Crippen molar-refractivity contribution in [3.63, 3.8) is 0 Å². The number of anilines is 2. The molecule has 0 unspecified atom stereocenters. The Morgan fingerprint density at radius 1 is 0.920 bits per heavy atom. The Bertz CT molecular complexity index is 768. The lowest BCUT2D eigenvalue weighted by Crippen LogP contribution is -2.50. The van der Waals surface area contributed by atoms with Crippen LogP contribution in [0.3, 0.4) is 0 Å². The molecule has 1 fully saturated rings. The fraction of sp³-hybridized carbons (Fsp3) is 0.263. The van der Waals surface area contributed by atoms with Crippen LogP contribution in [-0.4, -0.2) is 47.8 Å². The topological polar surface area (TPSA) is 52.7 Å². The minimum Gasteiger partial charge on any atom is -0.355 e. The van der Waals surface area contributed by atoms with Crippen molar-refractivity contribution in [3.8, 4) is 0 Å². The third-order valence-corrected chi connectivity index (χ3v) is 4.29. The average molecular weight is 341 g/mol. The molecule has 1 N–H and O–H groups in total. The molecule has 2 aromatic rings. The summed E-state index contributed by atoms with van der Waals surface area (Å²) in [5.74, 6) is -0.350. The Kier molecular flexibility index (Phi) is 4.97. The molecule has 0 spiro atoms. The van der Waals surface area contributed by atoms with Crippen LogP contribution < -0.4 is 5.32 Å². The zero-order valence-corrected chi connectivity index (χ0v) is 14.0. The first-order valence-electron chi connectivity index (χ1n) is 8.21. The number of benzene rings is 2. The maximum absolute atomic E-state index is 13.0. The highest BCUT2D eigenvalue weighted by Gasteiger charge is 2.24. The molecule has 3 rings (SSSR count). The van der Waals surface area contributed by atoms with Crippen LogP contribution >= 0.6 is 0 Å². The first-order chi connectivity index (χ1) is 12.0. The number of carbonyl (C=O) groups excluding carboxylic acids is 2. The van der Waals surface area contributed by atoms with E-state index in [1.165, 1.54) is 12.1 Å². The molecule has 1 saturated heterocycles. The Morgan fingerprint density at radius 3 is 2.16 bits per heavy atom. The van der Waals surface area contributed by atoms with Gasteiger partial charge in [-0.15, -0.1) is 0 Å². The third-order valence-electron chi connectivity index (χ3n) is 4.29. The summed E-state index contributed by atoms with van der Waals surface area (Å²) in [4.78, 5) is 27.8. The van der Waals surface area contributed by atoms with Crippen molar-refractivity contribution in [1.82, 2.24) is 9.80 Å². The normalized spacial score (nSPS) is 14.3. The number of carbonyl (C=O) groups is 2. The molecule has 0 atom stereocenters. The van der Waals surface area contributed by atoms with Crippen LogP contribution in [0.25, 0.3) is 0 Å².